The van der Waals surface area contributed by atoms with Crippen LogP contribution in [0.25, 0.3) is 0 Å². The maximum absolute atomic E-state index is 11.9. The van der Waals surface area contributed by atoms with E-state index in [1.54, 1.807) is 24.3 Å². The van der Waals surface area contributed by atoms with Crippen molar-refractivity contribution >= 4 is 5.91 Å². The molecule has 0 aliphatic rings. The Morgan fingerprint density at radius 2 is 1.62 bits per heavy atom. The van der Waals surface area contributed by atoms with Gasteiger partial charge in [-0.2, -0.15) is 0 Å². The number of ether oxygens (including phenoxy) is 1. The van der Waals surface area contributed by atoms with E-state index in [1.165, 1.54) is 6.07 Å². The molecule has 188 valence electrons. The molecule has 0 spiro atoms. The van der Waals surface area contributed by atoms with Gasteiger partial charge >= 0.3 is 0 Å². The number of carbonyl (C=O) groups is 1. The standard InChI is InChI=1S/C26H39N3O5/c30-20-23-18-22(12-13-24(23)31)25(32)19-27-14-6-1-2-8-16-34-17-9-7-15-28-29-26(33)21-10-4-3-5-11-21/h3-5,10-13,18,25,27-28,30-32H,1-2,6-9,14-17,19-20H2,(H,29,33). The molecule has 0 saturated heterocycles. The first kappa shape index (κ1) is 27.8. The Balaban J connectivity index is 1.35. The summed E-state index contributed by atoms with van der Waals surface area (Å²) >= 11 is 0. The van der Waals surface area contributed by atoms with E-state index in [2.05, 4.69) is 16.2 Å². The van der Waals surface area contributed by atoms with Crippen molar-refractivity contribution in [3.05, 3.63) is 65.2 Å². The number of benzene rings is 2. The Morgan fingerprint density at radius 1 is 0.912 bits per heavy atom. The maximum atomic E-state index is 11.9. The molecule has 2 rings (SSSR count). The molecule has 0 fully saturated rings. The summed E-state index contributed by atoms with van der Waals surface area (Å²) in [6.45, 7) is 3.20. The summed E-state index contributed by atoms with van der Waals surface area (Å²) in [6.07, 6.45) is 5.48. The zero-order valence-corrected chi connectivity index (χ0v) is 19.8. The van der Waals surface area contributed by atoms with Gasteiger partial charge in [-0.25, -0.2) is 5.43 Å². The zero-order valence-electron chi connectivity index (χ0n) is 19.8. The highest BCUT2D eigenvalue weighted by molar-refractivity contribution is 5.93. The van der Waals surface area contributed by atoms with Gasteiger partial charge in [0, 0.05) is 37.4 Å². The van der Waals surface area contributed by atoms with Crippen molar-refractivity contribution in [2.45, 2.75) is 51.2 Å². The minimum atomic E-state index is -0.672. The third-order valence-corrected chi connectivity index (χ3v) is 5.47. The van der Waals surface area contributed by atoms with Crippen molar-refractivity contribution in [2.24, 2.45) is 0 Å². The molecule has 0 radical (unpaired) electrons. The number of amides is 1. The fourth-order valence-electron chi connectivity index (χ4n) is 3.43. The number of hydrogen-bond acceptors (Lipinski definition) is 7. The molecule has 6 N–H and O–H groups in total. The lowest BCUT2D eigenvalue weighted by molar-refractivity contribution is 0.0931. The highest BCUT2D eigenvalue weighted by atomic mass is 16.5. The van der Waals surface area contributed by atoms with Gasteiger partial charge in [-0.05, 0) is 62.1 Å². The van der Waals surface area contributed by atoms with E-state index < -0.39 is 6.10 Å². The molecule has 8 heteroatoms. The molecule has 0 heterocycles. The number of unbranched alkanes of at least 4 members (excludes halogenated alkanes) is 4. The smallest absolute Gasteiger partial charge is 0.265 e. The minimum absolute atomic E-state index is 0.0388. The van der Waals surface area contributed by atoms with Crippen LogP contribution in [0.3, 0.4) is 0 Å². The summed E-state index contributed by atoms with van der Waals surface area (Å²) in [4.78, 5) is 11.9. The number of rotatable bonds is 18. The molecule has 8 nitrogen and oxygen atoms in total. The average molecular weight is 474 g/mol. The summed E-state index contributed by atoms with van der Waals surface area (Å²) in [7, 11) is 0. The summed E-state index contributed by atoms with van der Waals surface area (Å²) in [5.41, 5.74) is 7.37. The highest BCUT2D eigenvalue weighted by Crippen LogP contribution is 2.22. The second-order valence-electron chi connectivity index (χ2n) is 8.25. The second-order valence-corrected chi connectivity index (χ2v) is 8.25. The van der Waals surface area contributed by atoms with Crippen LogP contribution in [0.15, 0.2) is 48.5 Å². The molecular formula is C26H39N3O5. The van der Waals surface area contributed by atoms with Crippen molar-refractivity contribution in [3.8, 4) is 5.75 Å². The van der Waals surface area contributed by atoms with Crippen LogP contribution in [0.4, 0.5) is 0 Å². The molecule has 0 saturated carbocycles. The molecule has 1 amide bonds. The first-order valence-electron chi connectivity index (χ1n) is 12.1. The van der Waals surface area contributed by atoms with Crippen LogP contribution >= 0.6 is 0 Å². The summed E-state index contributed by atoms with van der Waals surface area (Å²) in [5, 5.41) is 32.3. The van der Waals surface area contributed by atoms with E-state index in [1.807, 2.05) is 18.2 Å². The Morgan fingerprint density at radius 3 is 2.38 bits per heavy atom. The molecule has 34 heavy (non-hydrogen) atoms. The summed E-state index contributed by atoms with van der Waals surface area (Å²) in [6, 6.07) is 13.9. The second kappa shape index (κ2) is 17.0. The van der Waals surface area contributed by atoms with E-state index in [0.717, 1.165) is 58.3 Å². The van der Waals surface area contributed by atoms with Gasteiger partial charge in [0.15, 0.2) is 0 Å². The number of nitrogens with one attached hydrogen (secondary N) is 3. The van der Waals surface area contributed by atoms with Gasteiger partial charge in [0.25, 0.3) is 5.91 Å². The van der Waals surface area contributed by atoms with Crippen molar-refractivity contribution in [1.82, 2.24) is 16.2 Å². The van der Waals surface area contributed by atoms with Crippen LogP contribution in [-0.4, -0.2) is 54.1 Å². The van der Waals surface area contributed by atoms with Crippen LogP contribution in [0, 0.1) is 0 Å². The third kappa shape index (κ3) is 11.1. The van der Waals surface area contributed by atoms with Crippen LogP contribution in [0.1, 0.15) is 66.1 Å². The molecule has 0 bridgehead atoms. The van der Waals surface area contributed by atoms with E-state index in [9.17, 15) is 20.1 Å². The normalized spacial score (nSPS) is 11.9. The largest absolute Gasteiger partial charge is 0.508 e. The fraction of sp³-hybridized carbons (Fsp3) is 0.500. The van der Waals surface area contributed by atoms with Crippen LogP contribution < -0.4 is 16.2 Å². The van der Waals surface area contributed by atoms with Crippen LogP contribution in [0.2, 0.25) is 0 Å². The van der Waals surface area contributed by atoms with Crippen molar-refractivity contribution < 1.29 is 24.9 Å². The van der Waals surface area contributed by atoms with Gasteiger partial charge < -0.3 is 25.4 Å². The fourth-order valence-corrected chi connectivity index (χ4v) is 3.43. The number of aromatic hydroxyl groups is 1. The zero-order chi connectivity index (χ0) is 24.4. The first-order chi connectivity index (χ1) is 16.6. The third-order valence-electron chi connectivity index (χ3n) is 5.47. The minimum Gasteiger partial charge on any atom is -0.508 e. The summed E-state index contributed by atoms with van der Waals surface area (Å²) in [5.74, 6) is -0.0888. The number of aliphatic hydroxyl groups excluding tert-OH is 2. The van der Waals surface area contributed by atoms with Crippen LogP contribution in [0.5, 0.6) is 5.75 Å². The Bertz CT molecular complexity index is 819. The molecule has 1 atom stereocenters. The van der Waals surface area contributed by atoms with E-state index in [4.69, 9.17) is 4.74 Å². The molecule has 0 aliphatic carbocycles. The molecule has 0 aromatic heterocycles. The monoisotopic (exact) mass is 473 g/mol. The van der Waals surface area contributed by atoms with E-state index >= 15 is 0 Å². The van der Waals surface area contributed by atoms with Crippen molar-refractivity contribution in [2.75, 3.05) is 32.8 Å². The molecular weight excluding hydrogens is 434 g/mol. The molecule has 2 aromatic carbocycles. The van der Waals surface area contributed by atoms with Gasteiger partial charge in [0.2, 0.25) is 0 Å². The topological polar surface area (TPSA) is 123 Å². The van der Waals surface area contributed by atoms with Crippen molar-refractivity contribution in [3.63, 3.8) is 0 Å². The SMILES string of the molecule is O=C(NNCCCCOCCCCCCNCC(O)c1ccc(O)c(CO)c1)c1ccccc1. The Hall–Kier alpha value is -2.49. The van der Waals surface area contributed by atoms with Gasteiger partial charge in [-0.15, -0.1) is 0 Å². The Labute approximate surface area is 202 Å². The summed E-state index contributed by atoms with van der Waals surface area (Å²) < 4.78 is 5.67. The maximum Gasteiger partial charge on any atom is 0.265 e. The number of hydrazine groups is 1. The number of carbonyl (C=O) groups excluding carboxylic acids is 1. The highest BCUT2D eigenvalue weighted by Gasteiger charge is 2.10. The van der Waals surface area contributed by atoms with Crippen molar-refractivity contribution in [1.29, 1.82) is 0 Å². The predicted octanol–water partition coefficient (Wildman–Crippen LogP) is 2.80. The molecule has 0 aliphatic heterocycles. The lowest BCUT2D eigenvalue weighted by Crippen LogP contribution is -2.37. The predicted molar refractivity (Wildman–Crippen MR) is 132 cm³/mol. The van der Waals surface area contributed by atoms with Gasteiger partial charge in [0.05, 0.1) is 12.7 Å². The molecule has 2 aromatic rings. The number of phenols is 1. The van der Waals surface area contributed by atoms with Gasteiger partial charge in [-0.3, -0.25) is 10.2 Å². The number of aliphatic hydroxyl groups is 2. The van der Waals surface area contributed by atoms with Crippen LogP contribution in [-0.2, 0) is 11.3 Å². The first-order valence-corrected chi connectivity index (χ1v) is 12.1. The lowest BCUT2D eigenvalue weighted by Gasteiger charge is -2.14. The van der Waals surface area contributed by atoms with Gasteiger partial charge in [-0.1, -0.05) is 37.1 Å². The Kier molecular flexibility index (Phi) is 13.9. The van der Waals surface area contributed by atoms with E-state index in [-0.39, 0.29) is 18.3 Å². The quantitative estimate of drug-likeness (QED) is 0.145. The lowest BCUT2D eigenvalue weighted by atomic mass is 10.1. The molecule has 1 unspecified atom stereocenters. The van der Waals surface area contributed by atoms with Gasteiger partial charge in [0.1, 0.15) is 5.75 Å². The number of hydrogen-bond donors (Lipinski definition) is 6. The average Bonchev–Trinajstić information content (AvgIpc) is 2.86. The van der Waals surface area contributed by atoms with E-state index in [0.29, 0.717) is 29.8 Å².